The summed E-state index contributed by atoms with van der Waals surface area (Å²) in [5.41, 5.74) is -0.187. The third-order valence-electron chi connectivity index (χ3n) is 7.32. The number of amides is 1. The first-order valence-electron chi connectivity index (χ1n) is 14.3. The fourth-order valence-corrected chi connectivity index (χ4v) is 5.32. The highest BCUT2D eigenvalue weighted by Gasteiger charge is 2.30. The summed E-state index contributed by atoms with van der Waals surface area (Å²) in [7, 11) is 1.54. The maximum atomic E-state index is 14.0. The zero-order valence-corrected chi connectivity index (χ0v) is 25.4. The number of aryl methyl sites for hydroxylation is 1. The van der Waals surface area contributed by atoms with Crippen LogP contribution in [0.4, 0.5) is 10.7 Å². The molecule has 2 aliphatic heterocycles. The first-order chi connectivity index (χ1) is 20.3. The molecule has 1 unspecified atom stereocenters. The zero-order valence-electron chi connectivity index (χ0n) is 25.4. The van der Waals surface area contributed by atoms with E-state index in [-0.39, 0.29) is 29.6 Å². The number of anilines is 1. The van der Waals surface area contributed by atoms with Gasteiger partial charge in [0, 0.05) is 32.7 Å². The topological polar surface area (TPSA) is 139 Å². The van der Waals surface area contributed by atoms with E-state index in [4.69, 9.17) is 19.2 Å². The Morgan fingerprint density at radius 2 is 1.93 bits per heavy atom. The number of nitrogens with zero attached hydrogens (tertiary/aromatic N) is 5. The predicted octanol–water partition coefficient (Wildman–Crippen LogP) is 2.97. The summed E-state index contributed by atoms with van der Waals surface area (Å²) in [4.78, 5) is 60.0. The van der Waals surface area contributed by atoms with Gasteiger partial charge in [0.25, 0.3) is 5.56 Å². The predicted molar refractivity (Wildman–Crippen MR) is 160 cm³/mol. The van der Waals surface area contributed by atoms with Crippen molar-refractivity contribution in [2.45, 2.75) is 72.2 Å². The van der Waals surface area contributed by atoms with E-state index >= 15 is 0 Å². The van der Waals surface area contributed by atoms with E-state index in [9.17, 15) is 19.2 Å². The molecule has 0 aliphatic carbocycles. The van der Waals surface area contributed by atoms with E-state index in [0.29, 0.717) is 37.1 Å². The van der Waals surface area contributed by atoms with Gasteiger partial charge in [-0.1, -0.05) is 17.7 Å². The summed E-state index contributed by atoms with van der Waals surface area (Å²) in [6.45, 7) is 10.3. The maximum absolute atomic E-state index is 14.0. The molecule has 0 spiro atoms. The molecule has 0 radical (unpaired) electrons. The number of piperidine rings is 1. The molecule has 1 atom stereocenters. The highest BCUT2D eigenvalue weighted by atomic mass is 16.7. The molecule has 13 heteroatoms. The van der Waals surface area contributed by atoms with Gasteiger partial charge in [-0.15, -0.1) is 0 Å². The van der Waals surface area contributed by atoms with Crippen LogP contribution in [0, 0.1) is 0 Å². The lowest BCUT2D eigenvalue weighted by Gasteiger charge is -2.34. The molecule has 43 heavy (non-hydrogen) atoms. The molecule has 2 aromatic heterocycles. The second-order valence-corrected chi connectivity index (χ2v) is 12.1. The van der Waals surface area contributed by atoms with Crippen molar-refractivity contribution in [3.63, 3.8) is 0 Å². The number of ether oxygens (including phenoxy) is 3. The highest BCUT2D eigenvalue weighted by molar-refractivity contribution is 5.99. The van der Waals surface area contributed by atoms with Gasteiger partial charge in [0.05, 0.1) is 12.1 Å². The van der Waals surface area contributed by atoms with Crippen LogP contribution in [0.2, 0.25) is 0 Å². The second kappa shape index (κ2) is 11.6. The summed E-state index contributed by atoms with van der Waals surface area (Å²) in [6.07, 6.45) is 3.01. The van der Waals surface area contributed by atoms with Crippen molar-refractivity contribution in [2.75, 3.05) is 24.8 Å². The average molecular weight is 595 g/mol. The Morgan fingerprint density at radius 3 is 2.65 bits per heavy atom. The monoisotopic (exact) mass is 594 g/mol. The summed E-state index contributed by atoms with van der Waals surface area (Å²) < 4.78 is 20.3. The van der Waals surface area contributed by atoms with E-state index in [1.165, 1.54) is 11.6 Å². The number of carbonyl (C=O) groups excluding carboxylic acids is 2. The number of benzene rings is 1. The molecule has 3 aromatic rings. The zero-order chi connectivity index (χ0) is 31.1. The molecule has 1 aromatic carbocycles. The minimum absolute atomic E-state index is 0.00965. The fraction of sp³-hybridized carbons (Fsp3) is 0.500. The average Bonchev–Trinajstić information content (AvgIpc) is 3.57. The maximum Gasteiger partial charge on any atom is 0.407 e. The number of hydrogen-bond donors (Lipinski definition) is 1. The van der Waals surface area contributed by atoms with Crippen LogP contribution >= 0.6 is 0 Å². The van der Waals surface area contributed by atoms with Crippen molar-refractivity contribution < 1.29 is 23.8 Å². The van der Waals surface area contributed by atoms with Crippen molar-refractivity contribution in [1.29, 1.82) is 0 Å². The minimum Gasteiger partial charge on any atom is -0.454 e. The van der Waals surface area contributed by atoms with Crippen LogP contribution in [0.3, 0.4) is 0 Å². The van der Waals surface area contributed by atoms with E-state index in [1.54, 1.807) is 22.8 Å². The quantitative estimate of drug-likeness (QED) is 0.323. The molecule has 4 heterocycles. The third kappa shape index (κ3) is 6.15. The Hall–Kier alpha value is -4.55. The van der Waals surface area contributed by atoms with Crippen molar-refractivity contribution in [2.24, 2.45) is 7.05 Å². The molecular weight excluding hydrogens is 556 g/mol. The summed E-state index contributed by atoms with van der Waals surface area (Å²) in [5.74, 6) is 0.787. The van der Waals surface area contributed by atoms with Crippen LogP contribution in [0.25, 0.3) is 11.2 Å². The number of para-hydroxylation sites is 1. The molecular formula is C30H38N6O7. The van der Waals surface area contributed by atoms with Gasteiger partial charge in [0.15, 0.2) is 28.4 Å². The van der Waals surface area contributed by atoms with Crippen LogP contribution < -0.4 is 30.9 Å². The number of fused-ring (bicyclic) bond motifs is 2. The van der Waals surface area contributed by atoms with E-state index < -0.39 is 35.3 Å². The normalized spacial score (nSPS) is 16.3. The van der Waals surface area contributed by atoms with Crippen LogP contribution in [-0.4, -0.2) is 62.1 Å². The van der Waals surface area contributed by atoms with Gasteiger partial charge in [0.2, 0.25) is 12.7 Å². The van der Waals surface area contributed by atoms with Gasteiger partial charge in [0.1, 0.15) is 5.60 Å². The van der Waals surface area contributed by atoms with Gasteiger partial charge < -0.3 is 29.0 Å². The molecule has 1 saturated heterocycles. The number of imidazole rings is 1. The number of allylic oxidation sites excluding steroid dienone is 2. The lowest BCUT2D eigenvalue weighted by Crippen LogP contribution is -2.49. The van der Waals surface area contributed by atoms with Crippen LogP contribution in [0.5, 0.6) is 11.5 Å². The number of carbonyl (C=O) groups is 2. The Bertz CT molecular complexity index is 1720. The molecule has 1 fully saturated rings. The summed E-state index contributed by atoms with van der Waals surface area (Å²) in [5, 5.41) is 2.94. The lowest BCUT2D eigenvalue weighted by molar-refractivity contribution is 0.0499. The van der Waals surface area contributed by atoms with Gasteiger partial charge >= 0.3 is 11.8 Å². The molecule has 13 nitrogen and oxygen atoms in total. The van der Waals surface area contributed by atoms with Gasteiger partial charge in [-0.05, 0) is 59.6 Å². The SMILES string of the molecule is CC(C)=CCn1c(N2CCCC(NC(=O)OC(C)(C)C)C2)nc2c1c(=O)n(CC(=O)c1cccc3c1OCO3)c(=O)n2C. The fourth-order valence-electron chi connectivity index (χ4n) is 5.32. The number of aromatic nitrogens is 4. The molecule has 0 bridgehead atoms. The molecule has 1 amide bonds. The number of hydrogen-bond acceptors (Lipinski definition) is 9. The Morgan fingerprint density at radius 1 is 1.16 bits per heavy atom. The number of rotatable bonds is 7. The highest BCUT2D eigenvalue weighted by Crippen LogP contribution is 2.35. The Labute approximate surface area is 248 Å². The van der Waals surface area contributed by atoms with Crippen molar-refractivity contribution in [1.82, 2.24) is 24.0 Å². The number of nitrogens with one attached hydrogen (secondary N) is 1. The van der Waals surface area contributed by atoms with Crippen molar-refractivity contribution in [3.05, 3.63) is 56.2 Å². The number of Topliss-reactive ketones (excluding diaryl/α,β-unsaturated/α-hetero) is 1. The number of ketones is 1. The molecule has 2 aliphatic rings. The van der Waals surface area contributed by atoms with Gasteiger partial charge in [-0.3, -0.25) is 18.7 Å². The molecule has 0 saturated carbocycles. The largest absolute Gasteiger partial charge is 0.454 e. The second-order valence-electron chi connectivity index (χ2n) is 12.1. The summed E-state index contributed by atoms with van der Waals surface area (Å²) >= 11 is 0. The van der Waals surface area contributed by atoms with Crippen molar-refractivity contribution >= 4 is 29.0 Å². The lowest BCUT2D eigenvalue weighted by atomic mass is 10.1. The smallest absolute Gasteiger partial charge is 0.407 e. The summed E-state index contributed by atoms with van der Waals surface area (Å²) in [6, 6.07) is 4.74. The minimum atomic E-state index is -0.655. The van der Waals surface area contributed by atoms with E-state index in [2.05, 4.69) is 5.32 Å². The Balaban J connectivity index is 1.53. The third-order valence-corrected chi connectivity index (χ3v) is 7.32. The first-order valence-corrected chi connectivity index (χ1v) is 14.3. The van der Waals surface area contributed by atoms with E-state index in [0.717, 1.165) is 23.0 Å². The van der Waals surface area contributed by atoms with Crippen LogP contribution in [0.15, 0.2) is 39.4 Å². The van der Waals surface area contributed by atoms with Crippen LogP contribution in [-0.2, 0) is 24.9 Å². The Kier molecular flexibility index (Phi) is 8.08. The van der Waals surface area contributed by atoms with E-state index in [1.807, 2.05) is 45.6 Å². The van der Waals surface area contributed by atoms with Gasteiger partial charge in [-0.25, -0.2) is 9.59 Å². The standard InChI is InChI=1S/C30H38N6O7/c1-18(2)12-14-35-23-25(32-27(35)34-13-8-9-19(15-34)31-28(39)43-30(3,4)5)33(6)29(40)36(26(23)38)16-21(37)20-10-7-11-22-24(20)42-17-41-22/h7,10-12,19H,8-9,13-17H2,1-6H3,(H,31,39). The van der Waals surface area contributed by atoms with Crippen LogP contribution in [0.1, 0.15) is 57.8 Å². The molecule has 230 valence electrons. The first kappa shape index (κ1) is 29.9. The number of alkyl carbamates (subject to hydrolysis) is 1. The van der Waals surface area contributed by atoms with Crippen molar-refractivity contribution in [3.8, 4) is 11.5 Å². The molecule has 1 N–H and O–H groups in total. The van der Waals surface area contributed by atoms with Gasteiger partial charge in [-0.2, -0.15) is 4.98 Å². The molecule has 5 rings (SSSR count).